The molecule has 2 aromatic rings. The molecule has 0 aliphatic rings. The van der Waals surface area contributed by atoms with E-state index in [1.54, 1.807) is 7.11 Å². The van der Waals surface area contributed by atoms with Crippen LogP contribution in [0.25, 0.3) is 0 Å². The first kappa shape index (κ1) is 21.8. The molecule has 5 nitrogen and oxygen atoms in total. The lowest BCUT2D eigenvalue weighted by Crippen LogP contribution is -2.36. The van der Waals surface area contributed by atoms with Gasteiger partial charge in [-0.25, -0.2) is 0 Å². The van der Waals surface area contributed by atoms with Crippen molar-refractivity contribution in [3.63, 3.8) is 0 Å². The Morgan fingerprint density at radius 2 is 1.61 bits per heavy atom. The first-order chi connectivity index (χ1) is 13.2. The summed E-state index contributed by atoms with van der Waals surface area (Å²) in [5, 5.41) is 6.44. The van der Waals surface area contributed by atoms with Crippen LogP contribution in [0.5, 0.6) is 11.5 Å². The van der Waals surface area contributed by atoms with E-state index >= 15 is 0 Å². The van der Waals surface area contributed by atoms with Gasteiger partial charge in [-0.15, -0.1) is 13.2 Å². The maximum absolute atomic E-state index is 12.2. The number of nitrogens with one attached hydrogen (secondary N) is 2. The Labute approximate surface area is 167 Å². The highest BCUT2D eigenvalue weighted by atomic mass is 32.1. The number of halogens is 3. The Morgan fingerprint density at radius 1 is 1.04 bits per heavy atom. The number of anilines is 1. The lowest BCUT2D eigenvalue weighted by atomic mass is 10.1. The molecule has 0 aliphatic carbocycles. The van der Waals surface area contributed by atoms with Crippen LogP contribution in [-0.2, 0) is 0 Å². The lowest BCUT2D eigenvalue weighted by molar-refractivity contribution is -0.274. The lowest BCUT2D eigenvalue weighted by Gasteiger charge is -2.26. The third kappa shape index (κ3) is 6.90. The predicted molar refractivity (Wildman–Crippen MR) is 107 cm³/mol. The van der Waals surface area contributed by atoms with Gasteiger partial charge < -0.3 is 25.0 Å². The van der Waals surface area contributed by atoms with Crippen molar-refractivity contribution in [1.29, 1.82) is 0 Å². The molecule has 2 rings (SSSR count). The molecule has 0 spiro atoms. The van der Waals surface area contributed by atoms with Crippen LogP contribution in [0.2, 0.25) is 0 Å². The van der Waals surface area contributed by atoms with Crippen molar-refractivity contribution in [3.05, 3.63) is 54.1 Å². The Hall–Kier alpha value is -2.52. The van der Waals surface area contributed by atoms with Crippen molar-refractivity contribution in [3.8, 4) is 11.5 Å². The number of hydrogen-bond donors (Lipinski definition) is 2. The number of benzene rings is 2. The fraction of sp³-hybridized carbons (Fsp3) is 0.316. The molecule has 0 amide bonds. The molecule has 2 N–H and O–H groups in total. The Morgan fingerprint density at radius 3 is 2.11 bits per heavy atom. The van der Waals surface area contributed by atoms with Crippen molar-refractivity contribution in [2.24, 2.45) is 0 Å². The predicted octanol–water partition coefficient (Wildman–Crippen LogP) is 4.18. The molecule has 152 valence electrons. The highest BCUT2D eigenvalue weighted by Crippen LogP contribution is 2.24. The second-order valence-corrected chi connectivity index (χ2v) is 6.57. The van der Waals surface area contributed by atoms with E-state index in [1.807, 2.05) is 38.4 Å². The molecule has 0 bridgehead atoms. The second kappa shape index (κ2) is 9.61. The van der Waals surface area contributed by atoms with Gasteiger partial charge in [0.05, 0.1) is 13.2 Å². The molecule has 1 atom stereocenters. The number of hydrogen-bond acceptors (Lipinski definition) is 4. The number of nitrogens with zero attached hydrogens (tertiary/aromatic N) is 1. The van der Waals surface area contributed by atoms with Gasteiger partial charge in [0.25, 0.3) is 0 Å². The smallest absolute Gasteiger partial charge is 0.497 e. The maximum Gasteiger partial charge on any atom is 0.573 e. The monoisotopic (exact) mass is 413 g/mol. The van der Waals surface area contributed by atoms with E-state index in [0.29, 0.717) is 17.3 Å². The fourth-order valence-corrected chi connectivity index (χ4v) is 2.73. The number of methoxy groups -OCH3 is 1. The highest BCUT2D eigenvalue weighted by Gasteiger charge is 2.30. The summed E-state index contributed by atoms with van der Waals surface area (Å²) in [4.78, 5) is 2.06. The van der Waals surface area contributed by atoms with E-state index in [1.165, 1.54) is 24.3 Å². The normalized spacial score (nSPS) is 12.4. The average Bonchev–Trinajstić information content (AvgIpc) is 2.62. The summed E-state index contributed by atoms with van der Waals surface area (Å²) < 4.78 is 45.6. The van der Waals surface area contributed by atoms with Crippen LogP contribution >= 0.6 is 12.2 Å². The van der Waals surface area contributed by atoms with Crippen LogP contribution in [0.3, 0.4) is 0 Å². The number of likely N-dealkylation sites (N-methyl/N-ethyl adjacent to an activating group) is 1. The van der Waals surface area contributed by atoms with Crippen LogP contribution in [0.4, 0.5) is 18.9 Å². The van der Waals surface area contributed by atoms with Gasteiger partial charge in [0.1, 0.15) is 11.5 Å². The molecule has 28 heavy (non-hydrogen) atoms. The highest BCUT2D eigenvalue weighted by molar-refractivity contribution is 7.80. The molecular formula is C19H22F3N3O2S. The zero-order valence-corrected chi connectivity index (χ0v) is 16.5. The van der Waals surface area contributed by atoms with Crippen LogP contribution in [0, 0.1) is 0 Å². The minimum atomic E-state index is -4.71. The number of rotatable bonds is 7. The van der Waals surface area contributed by atoms with Gasteiger partial charge in [-0.3, -0.25) is 0 Å². The van der Waals surface area contributed by atoms with Crippen molar-refractivity contribution in [2.45, 2.75) is 12.4 Å². The van der Waals surface area contributed by atoms with Crippen LogP contribution in [0.1, 0.15) is 11.6 Å². The third-order valence-corrected chi connectivity index (χ3v) is 4.17. The standard InChI is InChI=1S/C19H22F3N3O2S/c1-25(2)17(13-4-8-15(26-3)9-5-13)12-23-18(28)24-14-6-10-16(11-7-14)27-19(20,21)22/h4-11,17H,12H2,1-3H3,(H2,23,24,28)/t17-/m0/s1. The van der Waals surface area contributed by atoms with Crippen molar-refractivity contribution >= 4 is 23.0 Å². The molecule has 0 aromatic heterocycles. The van der Waals surface area contributed by atoms with Crippen molar-refractivity contribution in [1.82, 2.24) is 10.2 Å². The first-order valence-electron chi connectivity index (χ1n) is 8.39. The largest absolute Gasteiger partial charge is 0.573 e. The van der Waals surface area contributed by atoms with E-state index < -0.39 is 6.36 Å². The Kier molecular flexibility index (Phi) is 7.47. The zero-order chi connectivity index (χ0) is 20.7. The van der Waals surface area contributed by atoms with Crippen molar-refractivity contribution in [2.75, 3.05) is 33.1 Å². The third-order valence-electron chi connectivity index (χ3n) is 3.93. The summed E-state index contributed by atoms with van der Waals surface area (Å²) in [6.45, 7) is 0.542. The van der Waals surface area contributed by atoms with E-state index in [9.17, 15) is 13.2 Å². The summed E-state index contributed by atoms with van der Waals surface area (Å²) in [6, 6.07) is 13.2. The first-order valence-corrected chi connectivity index (χ1v) is 8.80. The molecular weight excluding hydrogens is 391 g/mol. The minimum Gasteiger partial charge on any atom is -0.497 e. The number of thiocarbonyl (C=S) groups is 1. The Bertz CT molecular complexity index is 765. The van der Waals surface area contributed by atoms with Gasteiger partial charge in [-0.2, -0.15) is 0 Å². The molecule has 0 aliphatic heterocycles. The van der Waals surface area contributed by atoms with E-state index in [4.69, 9.17) is 17.0 Å². The van der Waals surface area contributed by atoms with Crippen LogP contribution in [-0.4, -0.2) is 44.1 Å². The summed E-state index contributed by atoms with van der Waals surface area (Å²) in [6.07, 6.45) is -4.71. The molecule has 0 fully saturated rings. The maximum atomic E-state index is 12.2. The minimum absolute atomic E-state index is 0.0632. The summed E-state index contributed by atoms with van der Waals surface area (Å²) in [5.74, 6) is 0.494. The summed E-state index contributed by atoms with van der Waals surface area (Å²) >= 11 is 5.28. The van der Waals surface area contributed by atoms with Gasteiger partial charge in [0.2, 0.25) is 0 Å². The molecule has 0 saturated carbocycles. The molecule has 0 unspecified atom stereocenters. The van der Waals surface area contributed by atoms with Crippen molar-refractivity contribution < 1.29 is 22.6 Å². The molecule has 0 radical (unpaired) electrons. The quantitative estimate of drug-likeness (QED) is 0.664. The van der Waals surface area contributed by atoms with E-state index in [-0.39, 0.29) is 11.8 Å². The molecule has 9 heteroatoms. The van der Waals surface area contributed by atoms with Gasteiger partial charge in [-0.05, 0) is 68.3 Å². The van der Waals surface area contributed by atoms with E-state index in [2.05, 4.69) is 20.3 Å². The SMILES string of the molecule is COc1ccc([C@H](CNC(=S)Nc2ccc(OC(F)(F)F)cc2)N(C)C)cc1. The number of ether oxygens (including phenoxy) is 2. The molecule has 0 saturated heterocycles. The average molecular weight is 413 g/mol. The second-order valence-electron chi connectivity index (χ2n) is 6.16. The fourth-order valence-electron chi connectivity index (χ4n) is 2.53. The van der Waals surface area contributed by atoms with Gasteiger partial charge in [0, 0.05) is 12.2 Å². The van der Waals surface area contributed by atoms with E-state index in [0.717, 1.165) is 11.3 Å². The topological polar surface area (TPSA) is 45.8 Å². The summed E-state index contributed by atoms with van der Waals surface area (Å²) in [7, 11) is 5.55. The van der Waals surface area contributed by atoms with Crippen LogP contribution in [0.15, 0.2) is 48.5 Å². The zero-order valence-electron chi connectivity index (χ0n) is 15.7. The molecule has 2 aromatic carbocycles. The summed E-state index contributed by atoms with van der Waals surface area (Å²) in [5.41, 5.74) is 1.65. The number of alkyl halides is 3. The van der Waals surface area contributed by atoms with Crippen LogP contribution < -0.4 is 20.1 Å². The van der Waals surface area contributed by atoms with Gasteiger partial charge >= 0.3 is 6.36 Å². The Balaban J connectivity index is 1.92. The molecule has 0 heterocycles. The van der Waals surface area contributed by atoms with Gasteiger partial charge in [-0.1, -0.05) is 12.1 Å². The van der Waals surface area contributed by atoms with Gasteiger partial charge in [0.15, 0.2) is 5.11 Å².